The zero-order chi connectivity index (χ0) is 11.3. The lowest BCUT2D eigenvalue weighted by Crippen LogP contribution is -2.58. The first-order valence-electron chi connectivity index (χ1n) is 5.20. The van der Waals surface area contributed by atoms with Crippen molar-refractivity contribution in [1.82, 2.24) is 14.7 Å². The van der Waals surface area contributed by atoms with E-state index < -0.39 is 0 Å². The maximum Gasteiger partial charge on any atom is 0.325 e. The molecule has 0 aliphatic carbocycles. The Morgan fingerprint density at radius 2 is 1.73 bits per heavy atom. The van der Waals surface area contributed by atoms with Crippen molar-refractivity contribution in [1.29, 1.82) is 0 Å². The molecule has 1 fully saturated rings. The summed E-state index contributed by atoms with van der Waals surface area (Å²) in [5, 5.41) is 18.0. The van der Waals surface area contributed by atoms with E-state index in [0.29, 0.717) is 13.3 Å². The largest absolute Gasteiger partial charge is 0.376 e. The second kappa shape index (κ2) is 5.89. The minimum Gasteiger partial charge on any atom is -0.376 e. The number of hydrogen-bond donors (Lipinski definition) is 2. The van der Waals surface area contributed by atoms with Crippen molar-refractivity contribution < 1.29 is 15.0 Å². The number of urea groups is 1. The SMILES string of the molecule is CCCCN1CN(CO)C(=O)N(CO)C1. The molecule has 2 amide bonds. The Labute approximate surface area is 89.7 Å². The Balaban J connectivity index is 2.52. The molecule has 15 heavy (non-hydrogen) atoms. The van der Waals surface area contributed by atoms with Gasteiger partial charge in [0.1, 0.15) is 13.5 Å². The molecule has 1 heterocycles. The Morgan fingerprint density at radius 3 is 2.13 bits per heavy atom. The fraction of sp³-hybridized carbons (Fsp3) is 0.889. The van der Waals surface area contributed by atoms with E-state index in [0.717, 1.165) is 19.4 Å². The highest BCUT2D eigenvalue weighted by molar-refractivity contribution is 5.74. The van der Waals surface area contributed by atoms with Gasteiger partial charge >= 0.3 is 6.03 Å². The van der Waals surface area contributed by atoms with E-state index >= 15 is 0 Å². The van der Waals surface area contributed by atoms with Crippen LogP contribution in [0, 0.1) is 0 Å². The topological polar surface area (TPSA) is 67.2 Å². The van der Waals surface area contributed by atoms with Crippen LogP contribution in [-0.2, 0) is 0 Å². The molecule has 0 radical (unpaired) electrons. The molecule has 1 rings (SSSR count). The molecular formula is C9H19N3O3. The summed E-state index contributed by atoms with van der Waals surface area (Å²) in [6.45, 7) is 3.23. The molecule has 0 aromatic heterocycles. The van der Waals surface area contributed by atoms with Crippen molar-refractivity contribution in [3.8, 4) is 0 Å². The number of aliphatic hydroxyl groups is 2. The fourth-order valence-electron chi connectivity index (χ4n) is 1.58. The predicted octanol–water partition coefficient (Wildman–Crippen LogP) is -0.359. The summed E-state index contributed by atoms with van der Waals surface area (Å²) in [5.74, 6) is 0. The number of carbonyl (C=O) groups excluding carboxylic acids is 1. The number of amides is 2. The highest BCUT2D eigenvalue weighted by Crippen LogP contribution is 2.09. The molecule has 88 valence electrons. The van der Waals surface area contributed by atoms with Gasteiger partial charge in [0.15, 0.2) is 0 Å². The van der Waals surface area contributed by atoms with E-state index in [-0.39, 0.29) is 19.5 Å². The van der Waals surface area contributed by atoms with Crippen molar-refractivity contribution in [2.45, 2.75) is 19.8 Å². The summed E-state index contributed by atoms with van der Waals surface area (Å²) < 4.78 is 0. The van der Waals surface area contributed by atoms with Crippen molar-refractivity contribution >= 4 is 6.03 Å². The first kappa shape index (κ1) is 12.2. The van der Waals surface area contributed by atoms with Crippen LogP contribution in [0.15, 0.2) is 0 Å². The van der Waals surface area contributed by atoms with Crippen LogP contribution in [0.1, 0.15) is 19.8 Å². The maximum absolute atomic E-state index is 11.5. The van der Waals surface area contributed by atoms with Gasteiger partial charge in [0.2, 0.25) is 0 Å². The molecule has 0 aromatic carbocycles. The summed E-state index contributed by atoms with van der Waals surface area (Å²) in [7, 11) is 0. The Kier molecular flexibility index (Phi) is 4.80. The number of hydrogen-bond acceptors (Lipinski definition) is 4. The fourth-order valence-corrected chi connectivity index (χ4v) is 1.58. The first-order valence-corrected chi connectivity index (χ1v) is 5.20. The monoisotopic (exact) mass is 217 g/mol. The number of rotatable bonds is 5. The highest BCUT2D eigenvalue weighted by Gasteiger charge is 2.28. The number of nitrogens with zero attached hydrogens (tertiary/aromatic N) is 3. The third-order valence-corrected chi connectivity index (χ3v) is 2.45. The van der Waals surface area contributed by atoms with Gasteiger partial charge in [-0.2, -0.15) is 0 Å². The molecule has 2 N–H and O–H groups in total. The number of unbranched alkanes of at least 4 members (excludes halogenated alkanes) is 1. The van der Waals surface area contributed by atoms with Gasteiger partial charge in [-0.15, -0.1) is 0 Å². The summed E-state index contributed by atoms with van der Waals surface area (Å²) in [4.78, 5) is 16.1. The van der Waals surface area contributed by atoms with E-state index in [1.54, 1.807) is 0 Å². The zero-order valence-corrected chi connectivity index (χ0v) is 9.09. The molecule has 6 nitrogen and oxygen atoms in total. The summed E-state index contributed by atoms with van der Waals surface area (Å²) >= 11 is 0. The van der Waals surface area contributed by atoms with Gasteiger partial charge in [0, 0.05) is 6.54 Å². The number of carbonyl (C=O) groups is 1. The van der Waals surface area contributed by atoms with Crippen molar-refractivity contribution in [2.24, 2.45) is 0 Å². The van der Waals surface area contributed by atoms with E-state index in [2.05, 4.69) is 6.92 Å². The van der Waals surface area contributed by atoms with Gasteiger partial charge in [-0.3, -0.25) is 14.7 Å². The molecular weight excluding hydrogens is 198 g/mol. The first-order chi connectivity index (χ1) is 7.22. The van der Waals surface area contributed by atoms with E-state index in [9.17, 15) is 4.79 Å². The second-order valence-electron chi connectivity index (χ2n) is 3.68. The minimum atomic E-state index is -0.312. The van der Waals surface area contributed by atoms with Gasteiger partial charge in [-0.25, -0.2) is 4.79 Å². The van der Waals surface area contributed by atoms with Gasteiger partial charge in [0.25, 0.3) is 0 Å². The average molecular weight is 217 g/mol. The zero-order valence-electron chi connectivity index (χ0n) is 9.09. The van der Waals surface area contributed by atoms with Crippen LogP contribution in [0.5, 0.6) is 0 Å². The molecule has 0 unspecified atom stereocenters. The number of aliphatic hydroxyl groups excluding tert-OH is 2. The van der Waals surface area contributed by atoms with Gasteiger partial charge < -0.3 is 10.2 Å². The van der Waals surface area contributed by atoms with Crippen LogP contribution in [-0.4, -0.2) is 64.3 Å². The third kappa shape index (κ3) is 3.05. The van der Waals surface area contributed by atoms with Gasteiger partial charge in [-0.1, -0.05) is 13.3 Å². The Hall–Kier alpha value is -0.850. The van der Waals surface area contributed by atoms with Crippen LogP contribution < -0.4 is 0 Å². The molecule has 0 saturated carbocycles. The quantitative estimate of drug-likeness (QED) is 0.660. The molecule has 1 aliphatic heterocycles. The molecule has 0 aromatic rings. The van der Waals surface area contributed by atoms with Crippen LogP contribution >= 0.6 is 0 Å². The molecule has 1 aliphatic rings. The van der Waals surface area contributed by atoms with Gasteiger partial charge in [0.05, 0.1) is 13.3 Å². The van der Waals surface area contributed by atoms with E-state index in [1.807, 2.05) is 4.90 Å². The van der Waals surface area contributed by atoms with Crippen molar-refractivity contribution in [3.05, 3.63) is 0 Å². The van der Waals surface area contributed by atoms with Crippen LogP contribution in [0.25, 0.3) is 0 Å². The standard InChI is InChI=1S/C9H19N3O3/c1-2-3-4-10-5-11(7-13)9(15)12(6-10)8-14/h13-14H,2-8H2,1H3. The molecule has 0 bridgehead atoms. The van der Waals surface area contributed by atoms with E-state index in [4.69, 9.17) is 10.2 Å². The normalized spacial score (nSPS) is 18.7. The highest BCUT2D eigenvalue weighted by atomic mass is 16.3. The van der Waals surface area contributed by atoms with E-state index in [1.165, 1.54) is 9.80 Å². The summed E-state index contributed by atoms with van der Waals surface area (Å²) in [6.07, 6.45) is 2.13. The lowest BCUT2D eigenvalue weighted by Gasteiger charge is -2.40. The molecule has 6 heteroatoms. The lowest BCUT2D eigenvalue weighted by molar-refractivity contribution is -0.0263. The third-order valence-electron chi connectivity index (χ3n) is 2.45. The second-order valence-corrected chi connectivity index (χ2v) is 3.68. The summed E-state index contributed by atoms with van der Waals surface area (Å²) in [6, 6.07) is -0.312. The Morgan fingerprint density at radius 1 is 1.20 bits per heavy atom. The Bertz CT molecular complexity index is 197. The lowest BCUT2D eigenvalue weighted by atomic mass is 10.3. The van der Waals surface area contributed by atoms with Crippen LogP contribution in [0.4, 0.5) is 4.79 Å². The molecule has 1 saturated heterocycles. The van der Waals surface area contributed by atoms with Crippen molar-refractivity contribution in [2.75, 3.05) is 33.3 Å². The predicted molar refractivity (Wildman–Crippen MR) is 54.6 cm³/mol. The molecule has 0 atom stereocenters. The van der Waals surface area contributed by atoms with Crippen LogP contribution in [0.3, 0.4) is 0 Å². The molecule has 0 spiro atoms. The van der Waals surface area contributed by atoms with Gasteiger partial charge in [-0.05, 0) is 6.42 Å². The van der Waals surface area contributed by atoms with Crippen LogP contribution in [0.2, 0.25) is 0 Å². The maximum atomic E-state index is 11.5. The van der Waals surface area contributed by atoms with Crippen molar-refractivity contribution in [3.63, 3.8) is 0 Å². The smallest absolute Gasteiger partial charge is 0.325 e. The average Bonchev–Trinajstić information content (AvgIpc) is 2.27. The summed E-state index contributed by atoms with van der Waals surface area (Å²) in [5.41, 5.74) is 0. The minimum absolute atomic E-state index is 0.308.